The Labute approximate surface area is 151 Å². The molecule has 0 radical (unpaired) electrons. The van der Waals surface area contributed by atoms with Gasteiger partial charge in [0.05, 0.1) is 13.0 Å². The standard InChI is InChI=1S/C18H23N3O3S/c1-3-10-21(11-8-16(22)24-4-2)17(23)14-6-5-7-15(13-14)20-18-19-9-12-25-18/h5-7,9,12-13H,3-4,8,10-11H2,1-2H3,(H,19,20). The average Bonchev–Trinajstić information content (AvgIpc) is 3.11. The van der Waals surface area contributed by atoms with E-state index in [1.54, 1.807) is 30.2 Å². The van der Waals surface area contributed by atoms with Crippen LogP contribution in [0.1, 0.15) is 37.0 Å². The van der Waals surface area contributed by atoms with Gasteiger partial charge < -0.3 is 15.0 Å². The van der Waals surface area contributed by atoms with Crippen LogP contribution in [0.2, 0.25) is 0 Å². The molecule has 0 aliphatic carbocycles. The number of aromatic nitrogens is 1. The summed E-state index contributed by atoms with van der Waals surface area (Å²) in [4.78, 5) is 30.2. The van der Waals surface area contributed by atoms with Gasteiger partial charge in [0.2, 0.25) is 0 Å². The Morgan fingerprint density at radius 1 is 1.28 bits per heavy atom. The highest BCUT2D eigenvalue weighted by Crippen LogP contribution is 2.20. The van der Waals surface area contributed by atoms with Crippen LogP contribution in [-0.4, -0.2) is 41.5 Å². The second-order valence-corrected chi connectivity index (χ2v) is 6.28. The van der Waals surface area contributed by atoms with Crippen LogP contribution in [0.3, 0.4) is 0 Å². The zero-order valence-corrected chi connectivity index (χ0v) is 15.3. The molecule has 2 rings (SSSR count). The molecule has 0 saturated heterocycles. The number of amides is 1. The van der Waals surface area contributed by atoms with Gasteiger partial charge >= 0.3 is 5.97 Å². The predicted octanol–water partition coefficient (Wildman–Crippen LogP) is 3.69. The zero-order valence-electron chi connectivity index (χ0n) is 14.5. The third-order valence-electron chi connectivity index (χ3n) is 3.47. The van der Waals surface area contributed by atoms with Crippen molar-refractivity contribution < 1.29 is 14.3 Å². The first-order valence-corrected chi connectivity index (χ1v) is 9.23. The molecule has 0 fully saturated rings. The molecular formula is C18H23N3O3S. The summed E-state index contributed by atoms with van der Waals surface area (Å²) in [5, 5.41) is 5.84. The monoisotopic (exact) mass is 361 g/mol. The van der Waals surface area contributed by atoms with Crippen molar-refractivity contribution in [3.05, 3.63) is 41.4 Å². The third kappa shape index (κ3) is 5.86. The first-order valence-electron chi connectivity index (χ1n) is 8.35. The molecule has 0 spiro atoms. The van der Waals surface area contributed by atoms with Crippen molar-refractivity contribution in [1.29, 1.82) is 0 Å². The van der Waals surface area contributed by atoms with E-state index in [4.69, 9.17) is 4.74 Å². The van der Waals surface area contributed by atoms with E-state index >= 15 is 0 Å². The first kappa shape index (κ1) is 18.9. The van der Waals surface area contributed by atoms with E-state index in [-0.39, 0.29) is 18.3 Å². The molecule has 6 nitrogen and oxygen atoms in total. The number of benzene rings is 1. The number of hydrogen-bond donors (Lipinski definition) is 1. The minimum absolute atomic E-state index is 0.0889. The van der Waals surface area contributed by atoms with Gasteiger partial charge in [-0.3, -0.25) is 9.59 Å². The molecule has 25 heavy (non-hydrogen) atoms. The lowest BCUT2D eigenvalue weighted by atomic mass is 10.1. The van der Waals surface area contributed by atoms with E-state index in [1.165, 1.54) is 11.3 Å². The molecule has 0 unspecified atom stereocenters. The average molecular weight is 361 g/mol. The fourth-order valence-electron chi connectivity index (χ4n) is 2.37. The van der Waals surface area contributed by atoms with Crippen molar-refractivity contribution in [2.75, 3.05) is 25.0 Å². The van der Waals surface area contributed by atoms with Crippen LogP contribution >= 0.6 is 11.3 Å². The Hall–Kier alpha value is -2.41. The molecule has 1 N–H and O–H groups in total. The summed E-state index contributed by atoms with van der Waals surface area (Å²) in [5.41, 5.74) is 1.39. The molecular weight excluding hydrogens is 338 g/mol. The fourth-order valence-corrected chi connectivity index (χ4v) is 2.91. The fraction of sp³-hybridized carbons (Fsp3) is 0.389. The summed E-state index contributed by atoms with van der Waals surface area (Å²) in [7, 11) is 0. The Bertz CT molecular complexity index is 689. The van der Waals surface area contributed by atoms with Crippen molar-refractivity contribution in [2.45, 2.75) is 26.7 Å². The molecule has 2 aromatic rings. The molecule has 7 heteroatoms. The number of thiazole rings is 1. The van der Waals surface area contributed by atoms with Crippen LogP contribution in [0.25, 0.3) is 0 Å². The lowest BCUT2D eigenvalue weighted by Gasteiger charge is -2.22. The molecule has 0 atom stereocenters. The van der Waals surface area contributed by atoms with Crippen LogP contribution in [0, 0.1) is 0 Å². The summed E-state index contributed by atoms with van der Waals surface area (Å²) >= 11 is 1.49. The number of carbonyl (C=O) groups is 2. The second-order valence-electron chi connectivity index (χ2n) is 5.39. The van der Waals surface area contributed by atoms with Crippen LogP contribution in [-0.2, 0) is 9.53 Å². The van der Waals surface area contributed by atoms with E-state index < -0.39 is 0 Å². The zero-order chi connectivity index (χ0) is 18.1. The highest BCUT2D eigenvalue weighted by atomic mass is 32.1. The van der Waals surface area contributed by atoms with Gasteiger partial charge in [-0.05, 0) is 31.5 Å². The highest BCUT2D eigenvalue weighted by molar-refractivity contribution is 7.13. The van der Waals surface area contributed by atoms with E-state index in [9.17, 15) is 9.59 Å². The number of rotatable bonds is 9. The number of carbonyl (C=O) groups excluding carboxylic acids is 2. The van der Waals surface area contributed by atoms with Crippen molar-refractivity contribution in [1.82, 2.24) is 9.88 Å². The minimum Gasteiger partial charge on any atom is -0.466 e. The Morgan fingerprint density at radius 3 is 2.80 bits per heavy atom. The van der Waals surface area contributed by atoms with Gasteiger partial charge in [-0.15, -0.1) is 11.3 Å². The van der Waals surface area contributed by atoms with E-state index in [2.05, 4.69) is 10.3 Å². The minimum atomic E-state index is -0.282. The highest BCUT2D eigenvalue weighted by Gasteiger charge is 2.17. The number of hydrogen-bond acceptors (Lipinski definition) is 6. The lowest BCUT2D eigenvalue weighted by molar-refractivity contribution is -0.143. The van der Waals surface area contributed by atoms with Gasteiger partial charge in [0.25, 0.3) is 5.91 Å². The van der Waals surface area contributed by atoms with Crippen LogP contribution in [0.5, 0.6) is 0 Å². The van der Waals surface area contributed by atoms with Gasteiger partial charge in [0.15, 0.2) is 5.13 Å². The molecule has 0 bridgehead atoms. The number of esters is 1. The smallest absolute Gasteiger partial charge is 0.307 e. The van der Waals surface area contributed by atoms with Gasteiger partial charge in [-0.25, -0.2) is 4.98 Å². The summed E-state index contributed by atoms with van der Waals surface area (Å²) in [6.07, 6.45) is 2.75. The quantitative estimate of drug-likeness (QED) is 0.690. The Kier molecular flexibility index (Phi) is 7.40. The third-order valence-corrected chi connectivity index (χ3v) is 4.15. The second kappa shape index (κ2) is 9.78. The van der Waals surface area contributed by atoms with Crippen molar-refractivity contribution in [3.63, 3.8) is 0 Å². The number of anilines is 2. The topological polar surface area (TPSA) is 71.5 Å². The summed E-state index contributed by atoms with van der Waals surface area (Å²) in [5.74, 6) is -0.371. The maximum absolute atomic E-state index is 12.8. The largest absolute Gasteiger partial charge is 0.466 e. The molecule has 0 saturated carbocycles. The number of nitrogens with one attached hydrogen (secondary N) is 1. The molecule has 1 aromatic heterocycles. The van der Waals surface area contributed by atoms with Gasteiger partial charge in [-0.1, -0.05) is 13.0 Å². The molecule has 134 valence electrons. The lowest BCUT2D eigenvalue weighted by Crippen LogP contribution is -2.34. The maximum Gasteiger partial charge on any atom is 0.307 e. The molecule has 1 heterocycles. The molecule has 1 amide bonds. The summed E-state index contributed by atoms with van der Waals surface area (Å²) < 4.78 is 4.94. The van der Waals surface area contributed by atoms with E-state index in [0.717, 1.165) is 17.2 Å². The maximum atomic E-state index is 12.8. The van der Waals surface area contributed by atoms with Crippen LogP contribution in [0.15, 0.2) is 35.8 Å². The van der Waals surface area contributed by atoms with Gasteiger partial charge in [-0.2, -0.15) is 0 Å². The van der Waals surface area contributed by atoms with Gasteiger partial charge in [0.1, 0.15) is 0 Å². The van der Waals surface area contributed by atoms with E-state index in [1.807, 2.05) is 24.4 Å². The molecule has 0 aliphatic heterocycles. The number of nitrogens with zero attached hydrogens (tertiary/aromatic N) is 2. The van der Waals surface area contributed by atoms with E-state index in [0.29, 0.717) is 25.3 Å². The summed E-state index contributed by atoms with van der Waals surface area (Å²) in [6, 6.07) is 7.30. The Morgan fingerprint density at radius 2 is 2.12 bits per heavy atom. The molecule has 0 aliphatic rings. The van der Waals surface area contributed by atoms with Crippen molar-refractivity contribution >= 4 is 34.0 Å². The van der Waals surface area contributed by atoms with Crippen molar-refractivity contribution in [3.8, 4) is 0 Å². The first-order chi connectivity index (χ1) is 12.1. The normalized spacial score (nSPS) is 10.3. The van der Waals surface area contributed by atoms with Crippen LogP contribution in [0.4, 0.5) is 10.8 Å². The van der Waals surface area contributed by atoms with Crippen LogP contribution < -0.4 is 5.32 Å². The predicted molar refractivity (Wildman–Crippen MR) is 99.3 cm³/mol. The van der Waals surface area contributed by atoms with Crippen molar-refractivity contribution in [2.24, 2.45) is 0 Å². The number of ether oxygens (including phenoxy) is 1. The molecule has 1 aromatic carbocycles. The summed E-state index contributed by atoms with van der Waals surface area (Å²) in [6.45, 7) is 5.09. The SMILES string of the molecule is CCCN(CCC(=O)OCC)C(=O)c1cccc(Nc2nccs2)c1. The van der Waals surface area contributed by atoms with Gasteiger partial charge in [0, 0.05) is 35.9 Å². The Balaban J connectivity index is 2.05.